The molecule has 17 nitrogen and oxygen atoms in total. The summed E-state index contributed by atoms with van der Waals surface area (Å²) in [5.41, 5.74) is -2.89. The van der Waals surface area contributed by atoms with E-state index >= 15 is 0 Å². The Hall–Kier alpha value is -3.58. The van der Waals surface area contributed by atoms with Gasteiger partial charge in [0.05, 0.1) is 53.1 Å². The van der Waals surface area contributed by atoms with Crippen LogP contribution in [0.15, 0.2) is 30.5 Å². The number of ketones is 1. The van der Waals surface area contributed by atoms with Crippen LogP contribution in [0.25, 0.3) is 0 Å². The van der Waals surface area contributed by atoms with Crippen LogP contribution in [0.1, 0.15) is 86.8 Å². The van der Waals surface area contributed by atoms with Crippen molar-refractivity contribution >= 4 is 17.4 Å². The third-order valence-corrected chi connectivity index (χ3v) is 11.6. The van der Waals surface area contributed by atoms with E-state index in [4.69, 9.17) is 18.9 Å². The second-order valence-electron chi connectivity index (χ2n) is 16.7. The van der Waals surface area contributed by atoms with Crippen LogP contribution >= 0.6 is 0 Å². The van der Waals surface area contributed by atoms with Crippen molar-refractivity contribution in [2.75, 3.05) is 20.2 Å². The fourth-order valence-corrected chi connectivity index (χ4v) is 8.37. The number of carbonyl (C=O) groups excluding carboxylic acids is 2. The number of aliphatic hydroxyl groups is 4. The highest BCUT2D eigenvalue weighted by molar-refractivity contribution is 5.83. The number of ether oxygens (including phenoxy) is 4. The Balaban J connectivity index is 1.44. The zero-order valence-corrected chi connectivity index (χ0v) is 34.7. The van der Waals surface area contributed by atoms with Gasteiger partial charge in [0.15, 0.2) is 6.29 Å². The Kier molecular flexibility index (Phi) is 15.7. The van der Waals surface area contributed by atoms with E-state index in [9.17, 15) is 40.1 Å². The average molecular weight is 806 g/mol. The molecule has 0 aliphatic carbocycles. The lowest BCUT2D eigenvalue weighted by atomic mass is 9.74. The molecule has 0 unspecified atom stereocenters. The number of esters is 1. The SMILES string of the molecule is CC[C@H]1OC(=O)[C@H](C)C[C@H](C)[C@@H](O[C@@H]2O[C@H](C)C[C@H](N(C)CCc3cn(CCOc4cccc([N+](=O)[O-])c4)nn3)[C@H]2O)[C@](C)(O)C[C@@H](C)C(=O)[C@H](C)[C@@H](O)[C@]1(C)O. The zero-order valence-electron chi connectivity index (χ0n) is 34.7. The molecule has 57 heavy (non-hydrogen) atoms. The van der Waals surface area contributed by atoms with E-state index in [1.807, 2.05) is 25.8 Å². The largest absolute Gasteiger partial charge is 0.491 e. The topological polar surface area (TPSA) is 229 Å². The van der Waals surface area contributed by atoms with Gasteiger partial charge in [-0.25, -0.2) is 4.68 Å². The van der Waals surface area contributed by atoms with Crippen molar-refractivity contribution in [3.8, 4) is 5.75 Å². The maximum Gasteiger partial charge on any atom is 0.309 e. The van der Waals surface area contributed by atoms with Gasteiger partial charge in [0.2, 0.25) is 0 Å². The van der Waals surface area contributed by atoms with E-state index in [2.05, 4.69) is 10.3 Å². The number of non-ortho nitro benzene ring substituents is 1. The fraction of sp³-hybridized carbons (Fsp3) is 0.750. The van der Waals surface area contributed by atoms with E-state index in [-0.39, 0.29) is 43.4 Å². The number of nitro benzene ring substituents is 1. The first-order valence-electron chi connectivity index (χ1n) is 20.0. The van der Waals surface area contributed by atoms with Crippen LogP contribution in [0.3, 0.4) is 0 Å². The van der Waals surface area contributed by atoms with E-state index in [1.54, 1.807) is 50.7 Å². The molecule has 2 saturated heterocycles. The molecule has 0 saturated carbocycles. The van der Waals surface area contributed by atoms with E-state index in [0.29, 0.717) is 31.7 Å². The molecule has 1 aromatic heterocycles. The molecule has 2 aliphatic rings. The van der Waals surface area contributed by atoms with Gasteiger partial charge < -0.3 is 44.3 Å². The van der Waals surface area contributed by atoms with Crippen molar-refractivity contribution in [1.82, 2.24) is 19.9 Å². The molecule has 4 rings (SSSR count). The van der Waals surface area contributed by atoms with Crippen LogP contribution in [-0.4, -0.2) is 131 Å². The van der Waals surface area contributed by atoms with Gasteiger partial charge in [0, 0.05) is 43.1 Å². The average Bonchev–Trinajstić information content (AvgIpc) is 3.61. The van der Waals surface area contributed by atoms with Crippen molar-refractivity contribution in [3.63, 3.8) is 0 Å². The summed E-state index contributed by atoms with van der Waals surface area (Å²) in [5.74, 6) is -3.55. The molecular formula is C40H63N5O12. The van der Waals surface area contributed by atoms with Crippen LogP contribution in [-0.2, 0) is 36.8 Å². The lowest BCUT2D eigenvalue weighted by Gasteiger charge is -2.46. The number of hydrogen-bond donors (Lipinski definition) is 4. The van der Waals surface area contributed by atoms with Crippen LogP contribution in [0.2, 0.25) is 0 Å². The van der Waals surface area contributed by atoms with Crippen molar-refractivity contribution in [1.29, 1.82) is 0 Å². The van der Waals surface area contributed by atoms with Crippen molar-refractivity contribution in [2.24, 2.45) is 23.7 Å². The molecule has 17 heteroatoms. The molecule has 1 aromatic carbocycles. The third kappa shape index (κ3) is 11.5. The Morgan fingerprint density at radius 3 is 2.46 bits per heavy atom. The number of nitro groups is 1. The summed E-state index contributed by atoms with van der Waals surface area (Å²) >= 11 is 0. The van der Waals surface area contributed by atoms with Crippen LogP contribution < -0.4 is 4.74 Å². The fourth-order valence-electron chi connectivity index (χ4n) is 8.37. The number of benzene rings is 1. The van der Waals surface area contributed by atoms with Crippen molar-refractivity contribution < 1.29 is 53.9 Å². The van der Waals surface area contributed by atoms with Crippen molar-refractivity contribution in [2.45, 2.75) is 148 Å². The number of likely N-dealkylation sites (N-methyl/N-ethyl adjacent to an activating group) is 1. The first kappa shape index (κ1) is 46.1. The summed E-state index contributed by atoms with van der Waals surface area (Å²) in [7, 11) is 1.89. The van der Waals surface area contributed by atoms with Crippen LogP contribution in [0, 0.1) is 33.8 Å². The number of nitrogens with zero attached hydrogens (tertiary/aromatic N) is 5. The molecule has 2 fully saturated rings. The smallest absolute Gasteiger partial charge is 0.309 e. The van der Waals surface area contributed by atoms with Gasteiger partial charge in [-0.2, -0.15) is 0 Å². The Morgan fingerprint density at radius 1 is 1.09 bits per heavy atom. The predicted octanol–water partition coefficient (Wildman–Crippen LogP) is 3.08. The molecule has 0 bridgehead atoms. The van der Waals surface area contributed by atoms with Crippen molar-refractivity contribution in [3.05, 3.63) is 46.3 Å². The molecule has 2 aromatic rings. The lowest BCUT2D eigenvalue weighted by molar-refractivity contribution is -0.384. The van der Waals surface area contributed by atoms with Gasteiger partial charge in [-0.3, -0.25) is 19.7 Å². The number of rotatable bonds is 12. The van der Waals surface area contributed by atoms with E-state index in [0.717, 1.165) is 5.69 Å². The third-order valence-electron chi connectivity index (χ3n) is 11.6. The first-order chi connectivity index (χ1) is 26.7. The summed E-state index contributed by atoms with van der Waals surface area (Å²) in [5, 5.41) is 65.8. The van der Waals surface area contributed by atoms with Gasteiger partial charge in [-0.05, 0) is 65.5 Å². The van der Waals surface area contributed by atoms with E-state index < -0.39 is 82.5 Å². The molecular weight excluding hydrogens is 742 g/mol. The summed E-state index contributed by atoms with van der Waals surface area (Å²) in [4.78, 5) is 39.6. The summed E-state index contributed by atoms with van der Waals surface area (Å²) in [6.45, 7) is 14.3. The molecule has 13 atom stereocenters. The normalized spacial score (nSPS) is 36.1. The second kappa shape index (κ2) is 19.4. The lowest BCUT2D eigenvalue weighted by Crippen LogP contribution is -2.59. The minimum atomic E-state index is -1.90. The van der Waals surface area contributed by atoms with Crippen LogP contribution in [0.4, 0.5) is 5.69 Å². The number of Topliss-reactive ketones (excluding diaryl/α,β-unsaturated/α-hetero) is 1. The molecule has 0 radical (unpaired) electrons. The molecule has 0 spiro atoms. The zero-order chi connectivity index (χ0) is 42.4. The van der Waals surface area contributed by atoms with Gasteiger partial charge in [0.1, 0.15) is 35.9 Å². The predicted molar refractivity (Wildman–Crippen MR) is 207 cm³/mol. The van der Waals surface area contributed by atoms with Gasteiger partial charge >= 0.3 is 5.97 Å². The quantitative estimate of drug-likeness (QED) is 0.137. The maximum atomic E-state index is 13.7. The molecule has 4 N–H and O–H groups in total. The molecule has 3 heterocycles. The van der Waals surface area contributed by atoms with E-state index in [1.165, 1.54) is 26.0 Å². The Bertz CT molecular complexity index is 1650. The Labute approximate surface area is 334 Å². The van der Waals surface area contributed by atoms with Gasteiger partial charge in [0.25, 0.3) is 5.69 Å². The first-order valence-corrected chi connectivity index (χ1v) is 20.0. The van der Waals surface area contributed by atoms with Gasteiger partial charge in [-0.15, -0.1) is 5.10 Å². The number of carbonyl (C=O) groups is 2. The number of cyclic esters (lactones) is 1. The summed E-state index contributed by atoms with van der Waals surface area (Å²) in [6.07, 6.45) is -3.04. The molecule has 320 valence electrons. The second-order valence-corrected chi connectivity index (χ2v) is 16.7. The summed E-state index contributed by atoms with van der Waals surface area (Å²) < 4.78 is 25.8. The number of aliphatic hydroxyl groups excluding tert-OH is 2. The standard InChI is InChI=1S/C40H63N5O12/c1-10-32-40(8,51)35(48)27(6)33(46)25(4)21-39(7,50)36(23(2)18-24(3)37(49)56-32)57-38-34(47)31(19-26(5)55-38)43(9)15-14-28-22-44(42-41-28)16-17-54-30-13-11-12-29(20-30)45(52)53/h11-13,20,22-27,31-32,34-36,38,47-48,50-51H,10,14-19,21H2,1-9H3/t23-,24+,25+,26+,27-,31-,32+,34+,35+,36+,38-,39+,40+/m0/s1. The highest BCUT2D eigenvalue weighted by Crippen LogP contribution is 2.37. The van der Waals surface area contributed by atoms with Gasteiger partial charge in [-0.1, -0.05) is 45.9 Å². The van der Waals surface area contributed by atoms with Crippen LogP contribution in [0.5, 0.6) is 5.75 Å². The Morgan fingerprint density at radius 2 is 1.79 bits per heavy atom. The number of hydrogen-bond acceptors (Lipinski definition) is 15. The summed E-state index contributed by atoms with van der Waals surface area (Å²) in [6, 6.07) is 5.56. The molecule has 2 aliphatic heterocycles. The minimum Gasteiger partial charge on any atom is -0.491 e. The number of aromatic nitrogens is 3. The maximum absolute atomic E-state index is 13.7. The molecule has 0 amide bonds. The minimum absolute atomic E-state index is 0.0559. The highest BCUT2D eigenvalue weighted by Gasteiger charge is 2.49. The monoisotopic (exact) mass is 805 g/mol. The highest BCUT2D eigenvalue weighted by atomic mass is 16.7.